The minimum Gasteiger partial charge on any atom is -0.380 e. The zero-order valence-corrected chi connectivity index (χ0v) is 11.4. The fraction of sp³-hybridized carbons (Fsp3) is 0.429. The number of amides is 2. The van der Waals surface area contributed by atoms with Crippen molar-refractivity contribution in [3.05, 3.63) is 35.4 Å². The summed E-state index contributed by atoms with van der Waals surface area (Å²) in [6.45, 7) is 1.32. The molecule has 2 amide bonds. The Morgan fingerprint density at radius 1 is 1.45 bits per heavy atom. The van der Waals surface area contributed by atoms with Crippen molar-refractivity contribution in [3.8, 4) is 0 Å². The molecule has 1 aromatic rings. The van der Waals surface area contributed by atoms with Gasteiger partial charge in [-0.15, -0.1) is 0 Å². The van der Waals surface area contributed by atoms with Crippen LogP contribution >= 0.6 is 0 Å². The highest BCUT2D eigenvalue weighted by molar-refractivity contribution is 5.96. The summed E-state index contributed by atoms with van der Waals surface area (Å²) >= 11 is 0. The number of hydrogen-bond donors (Lipinski definition) is 1. The lowest BCUT2D eigenvalue weighted by Gasteiger charge is -2.31. The number of benzene rings is 1. The molecule has 0 aromatic heterocycles. The normalized spacial score (nSPS) is 18.9. The molecule has 0 saturated carbocycles. The van der Waals surface area contributed by atoms with Crippen LogP contribution in [-0.2, 0) is 20.9 Å². The van der Waals surface area contributed by atoms with Crippen molar-refractivity contribution in [2.75, 3.05) is 26.8 Å². The molecule has 2 rings (SSSR count). The Labute approximate surface area is 117 Å². The third-order valence-electron chi connectivity index (χ3n) is 3.22. The fourth-order valence-electron chi connectivity index (χ4n) is 2.19. The van der Waals surface area contributed by atoms with Crippen molar-refractivity contribution in [1.82, 2.24) is 4.90 Å². The second-order valence-electron chi connectivity index (χ2n) is 4.60. The average molecular weight is 278 g/mol. The van der Waals surface area contributed by atoms with Crippen LogP contribution in [0.3, 0.4) is 0 Å². The van der Waals surface area contributed by atoms with Crippen molar-refractivity contribution in [2.24, 2.45) is 5.73 Å². The minimum atomic E-state index is -0.734. The lowest BCUT2D eigenvalue weighted by Crippen LogP contribution is -2.50. The number of ether oxygens (including phenoxy) is 2. The number of rotatable bonds is 4. The molecule has 1 saturated heterocycles. The summed E-state index contributed by atoms with van der Waals surface area (Å²) in [5, 5.41) is 0. The molecule has 1 aromatic carbocycles. The highest BCUT2D eigenvalue weighted by Gasteiger charge is 2.29. The molecule has 0 radical (unpaired) electrons. The van der Waals surface area contributed by atoms with Gasteiger partial charge in [0.05, 0.1) is 19.8 Å². The van der Waals surface area contributed by atoms with Gasteiger partial charge in [-0.25, -0.2) is 0 Å². The van der Waals surface area contributed by atoms with E-state index in [1.807, 2.05) is 12.1 Å². The van der Waals surface area contributed by atoms with Gasteiger partial charge in [-0.3, -0.25) is 9.59 Å². The maximum absolute atomic E-state index is 12.5. The van der Waals surface area contributed by atoms with E-state index in [-0.39, 0.29) is 12.5 Å². The van der Waals surface area contributed by atoms with E-state index < -0.39 is 12.0 Å². The second-order valence-corrected chi connectivity index (χ2v) is 4.60. The molecule has 0 aliphatic carbocycles. The summed E-state index contributed by atoms with van der Waals surface area (Å²) in [6.07, 6.45) is -0.734. The molecule has 1 fully saturated rings. The smallest absolute Gasteiger partial charge is 0.254 e. The van der Waals surface area contributed by atoms with E-state index in [2.05, 4.69) is 0 Å². The molecule has 1 atom stereocenters. The van der Waals surface area contributed by atoms with E-state index >= 15 is 0 Å². The summed E-state index contributed by atoms with van der Waals surface area (Å²) in [4.78, 5) is 25.3. The van der Waals surface area contributed by atoms with E-state index in [9.17, 15) is 9.59 Å². The van der Waals surface area contributed by atoms with Crippen LogP contribution < -0.4 is 5.73 Å². The van der Waals surface area contributed by atoms with Crippen molar-refractivity contribution < 1.29 is 19.1 Å². The Morgan fingerprint density at radius 2 is 2.20 bits per heavy atom. The molecule has 6 heteroatoms. The number of morpholine rings is 1. The molecule has 1 aliphatic rings. The molecule has 20 heavy (non-hydrogen) atoms. The standard InChI is InChI=1S/C14H18N2O4/c1-19-9-10-4-2-3-5-11(10)14(18)16-6-7-20-12(8-16)13(15)17/h2-5,12H,6-9H2,1H3,(H2,15,17)/t12-/m1/s1. The highest BCUT2D eigenvalue weighted by atomic mass is 16.5. The van der Waals surface area contributed by atoms with E-state index in [1.54, 1.807) is 24.1 Å². The van der Waals surface area contributed by atoms with Gasteiger partial charge >= 0.3 is 0 Å². The molecular formula is C14H18N2O4. The van der Waals surface area contributed by atoms with Crippen LogP contribution in [0.25, 0.3) is 0 Å². The second kappa shape index (κ2) is 6.49. The largest absolute Gasteiger partial charge is 0.380 e. The maximum Gasteiger partial charge on any atom is 0.254 e. The zero-order valence-electron chi connectivity index (χ0n) is 11.4. The highest BCUT2D eigenvalue weighted by Crippen LogP contribution is 2.15. The third kappa shape index (κ3) is 3.15. The lowest BCUT2D eigenvalue weighted by atomic mass is 10.1. The zero-order chi connectivity index (χ0) is 14.5. The quantitative estimate of drug-likeness (QED) is 0.850. The van der Waals surface area contributed by atoms with Crippen LogP contribution in [-0.4, -0.2) is 49.6 Å². The molecular weight excluding hydrogens is 260 g/mol. The van der Waals surface area contributed by atoms with E-state index in [0.29, 0.717) is 25.3 Å². The number of nitrogens with two attached hydrogens (primary N) is 1. The van der Waals surface area contributed by atoms with Gasteiger partial charge in [-0.2, -0.15) is 0 Å². The Bertz CT molecular complexity index is 504. The summed E-state index contributed by atoms with van der Waals surface area (Å²) in [5.41, 5.74) is 6.63. The number of nitrogens with zero attached hydrogens (tertiary/aromatic N) is 1. The van der Waals surface area contributed by atoms with Gasteiger partial charge in [-0.05, 0) is 11.6 Å². The molecule has 2 N–H and O–H groups in total. The fourth-order valence-corrected chi connectivity index (χ4v) is 2.19. The molecule has 108 valence electrons. The first-order chi connectivity index (χ1) is 9.63. The number of methoxy groups -OCH3 is 1. The van der Waals surface area contributed by atoms with Crippen LogP contribution in [0.2, 0.25) is 0 Å². The number of hydrogen-bond acceptors (Lipinski definition) is 4. The monoisotopic (exact) mass is 278 g/mol. The number of primary amides is 1. The average Bonchev–Trinajstić information content (AvgIpc) is 2.47. The maximum atomic E-state index is 12.5. The van der Waals surface area contributed by atoms with E-state index in [1.165, 1.54) is 0 Å². The van der Waals surface area contributed by atoms with Crippen LogP contribution in [0, 0.1) is 0 Å². The summed E-state index contributed by atoms with van der Waals surface area (Å²) in [7, 11) is 1.58. The minimum absolute atomic E-state index is 0.132. The first-order valence-corrected chi connectivity index (χ1v) is 6.40. The van der Waals surface area contributed by atoms with Gasteiger partial charge < -0.3 is 20.1 Å². The predicted octanol–water partition coefficient (Wildman–Crippen LogP) is 0.159. The van der Waals surface area contributed by atoms with Gasteiger partial charge in [0.25, 0.3) is 5.91 Å². The molecule has 1 aliphatic heterocycles. The van der Waals surface area contributed by atoms with Crippen molar-refractivity contribution in [3.63, 3.8) is 0 Å². The van der Waals surface area contributed by atoms with Crippen LogP contribution in [0.1, 0.15) is 15.9 Å². The predicted molar refractivity (Wildman–Crippen MR) is 72.0 cm³/mol. The van der Waals surface area contributed by atoms with Crippen LogP contribution in [0.4, 0.5) is 0 Å². The summed E-state index contributed by atoms with van der Waals surface area (Å²) in [5.74, 6) is -0.681. The van der Waals surface area contributed by atoms with Crippen LogP contribution in [0.5, 0.6) is 0 Å². The van der Waals surface area contributed by atoms with Crippen molar-refractivity contribution in [2.45, 2.75) is 12.7 Å². The Morgan fingerprint density at radius 3 is 2.90 bits per heavy atom. The van der Waals surface area contributed by atoms with Crippen LogP contribution in [0.15, 0.2) is 24.3 Å². The van der Waals surface area contributed by atoms with Gasteiger partial charge in [0, 0.05) is 19.2 Å². The van der Waals surface area contributed by atoms with Gasteiger partial charge in [0.1, 0.15) is 0 Å². The van der Waals surface area contributed by atoms with E-state index in [0.717, 1.165) is 5.56 Å². The third-order valence-corrected chi connectivity index (χ3v) is 3.22. The summed E-state index contributed by atoms with van der Waals surface area (Å²) < 4.78 is 10.3. The van der Waals surface area contributed by atoms with Crippen molar-refractivity contribution in [1.29, 1.82) is 0 Å². The molecule has 1 heterocycles. The first-order valence-electron chi connectivity index (χ1n) is 6.40. The van der Waals surface area contributed by atoms with E-state index in [4.69, 9.17) is 15.2 Å². The molecule has 0 spiro atoms. The van der Waals surface area contributed by atoms with Gasteiger partial charge in [0.2, 0.25) is 5.91 Å². The Hall–Kier alpha value is -1.92. The molecule has 6 nitrogen and oxygen atoms in total. The Kier molecular flexibility index (Phi) is 4.70. The SMILES string of the molecule is COCc1ccccc1C(=O)N1CCO[C@@H](C(N)=O)C1. The van der Waals surface area contributed by atoms with Crippen molar-refractivity contribution >= 4 is 11.8 Å². The van der Waals surface area contributed by atoms with Gasteiger partial charge in [-0.1, -0.05) is 18.2 Å². The topological polar surface area (TPSA) is 81.9 Å². The number of carbonyl (C=O) groups excluding carboxylic acids is 2. The summed E-state index contributed by atoms with van der Waals surface area (Å²) in [6, 6.07) is 7.27. The Balaban J connectivity index is 2.16. The number of carbonyl (C=O) groups is 2. The van der Waals surface area contributed by atoms with Gasteiger partial charge in [0.15, 0.2) is 6.10 Å². The first kappa shape index (κ1) is 14.5. The molecule has 0 bridgehead atoms. The lowest BCUT2D eigenvalue weighted by molar-refractivity contribution is -0.133. The molecule has 0 unspecified atom stereocenters.